The van der Waals surface area contributed by atoms with Crippen LogP contribution >= 0.6 is 0 Å². The van der Waals surface area contributed by atoms with Gasteiger partial charge in [0.2, 0.25) is 0 Å². The van der Waals surface area contributed by atoms with Gasteiger partial charge in [-0.2, -0.15) is 0 Å². The molecule has 0 atom stereocenters. The van der Waals surface area contributed by atoms with Crippen LogP contribution in [0.25, 0.3) is 0 Å². The van der Waals surface area contributed by atoms with E-state index in [0.29, 0.717) is 13.1 Å². The van der Waals surface area contributed by atoms with Gasteiger partial charge in [0.15, 0.2) is 5.03 Å². The molecule has 1 saturated carbocycles. The van der Waals surface area contributed by atoms with E-state index in [0.717, 1.165) is 31.4 Å². The molecule has 2 N–H and O–H groups in total. The van der Waals surface area contributed by atoms with Gasteiger partial charge in [-0.25, -0.2) is 18.1 Å². The lowest BCUT2D eigenvalue weighted by Crippen LogP contribution is -2.30. The van der Waals surface area contributed by atoms with E-state index in [4.69, 9.17) is 0 Å². The predicted octanol–water partition coefficient (Wildman–Crippen LogP) is 1.66. The third-order valence-corrected chi connectivity index (χ3v) is 5.31. The van der Waals surface area contributed by atoms with Gasteiger partial charge in [-0.3, -0.25) is 0 Å². The molecule has 0 amide bonds. The van der Waals surface area contributed by atoms with Crippen molar-refractivity contribution in [1.82, 2.24) is 15.0 Å². The number of aromatic nitrogens is 1. The normalized spacial score (nSPS) is 17.1. The van der Waals surface area contributed by atoms with Crippen molar-refractivity contribution in [1.29, 1.82) is 0 Å². The van der Waals surface area contributed by atoms with Crippen LogP contribution in [-0.2, 0) is 16.6 Å². The van der Waals surface area contributed by atoms with E-state index in [2.05, 4.69) is 21.9 Å². The quantitative estimate of drug-likeness (QED) is 0.765. The Labute approximate surface area is 121 Å². The van der Waals surface area contributed by atoms with Crippen LogP contribution in [0.1, 0.15) is 38.7 Å². The summed E-state index contributed by atoms with van der Waals surface area (Å²) in [6.07, 6.45) is 4.86. The minimum Gasteiger partial charge on any atom is -0.313 e. The van der Waals surface area contributed by atoms with Gasteiger partial charge in [0.1, 0.15) is 0 Å². The van der Waals surface area contributed by atoms with Crippen LogP contribution in [0, 0.1) is 5.41 Å². The van der Waals surface area contributed by atoms with Crippen molar-refractivity contribution in [3.8, 4) is 0 Å². The molecule has 0 bridgehead atoms. The number of nitrogens with one attached hydrogen (secondary N) is 2. The first kappa shape index (κ1) is 15.4. The van der Waals surface area contributed by atoms with E-state index in [1.807, 2.05) is 6.92 Å². The highest BCUT2D eigenvalue weighted by Gasteiger charge is 2.41. The van der Waals surface area contributed by atoms with Crippen LogP contribution in [0.5, 0.6) is 0 Å². The minimum atomic E-state index is -3.48. The van der Waals surface area contributed by atoms with Gasteiger partial charge in [0.05, 0.1) is 0 Å². The summed E-state index contributed by atoms with van der Waals surface area (Å²) in [5.41, 5.74) is 1.18. The molecule has 1 heterocycles. The van der Waals surface area contributed by atoms with Gasteiger partial charge < -0.3 is 5.32 Å². The molecule has 1 aromatic heterocycles. The van der Waals surface area contributed by atoms with Gasteiger partial charge in [-0.05, 0) is 42.9 Å². The largest absolute Gasteiger partial charge is 0.313 e. The second kappa shape index (κ2) is 6.20. The first-order valence-corrected chi connectivity index (χ1v) is 8.65. The molecule has 5 nitrogen and oxygen atoms in total. The molecule has 0 radical (unpaired) electrons. The number of hydrogen-bond acceptors (Lipinski definition) is 4. The first-order chi connectivity index (χ1) is 9.51. The average molecular weight is 297 g/mol. The Morgan fingerprint density at radius 3 is 2.55 bits per heavy atom. The predicted molar refractivity (Wildman–Crippen MR) is 78.8 cm³/mol. The molecule has 0 saturated heterocycles. The third kappa shape index (κ3) is 3.77. The summed E-state index contributed by atoms with van der Waals surface area (Å²) in [6, 6.07) is 3.37. The van der Waals surface area contributed by atoms with E-state index in [-0.39, 0.29) is 10.4 Å². The van der Waals surface area contributed by atoms with Crippen molar-refractivity contribution in [2.75, 3.05) is 13.1 Å². The Morgan fingerprint density at radius 1 is 1.30 bits per heavy atom. The molecule has 0 spiro atoms. The molecule has 20 heavy (non-hydrogen) atoms. The zero-order chi connectivity index (χ0) is 14.6. The lowest BCUT2D eigenvalue weighted by molar-refractivity contribution is 0.475. The second-order valence-electron chi connectivity index (χ2n) is 5.46. The molecule has 0 aliphatic heterocycles. The lowest BCUT2D eigenvalue weighted by atomic mass is 10.1. The lowest BCUT2D eigenvalue weighted by Gasteiger charge is -2.13. The number of sulfonamides is 1. The van der Waals surface area contributed by atoms with Crippen LogP contribution in [0.3, 0.4) is 0 Å². The molecular weight excluding hydrogens is 274 g/mol. The zero-order valence-electron chi connectivity index (χ0n) is 12.1. The van der Waals surface area contributed by atoms with E-state index < -0.39 is 10.0 Å². The van der Waals surface area contributed by atoms with Crippen LogP contribution in [0.15, 0.2) is 23.4 Å². The van der Waals surface area contributed by atoms with Crippen LogP contribution in [0.2, 0.25) is 0 Å². The average Bonchev–Trinajstić information content (AvgIpc) is 3.24. The molecule has 112 valence electrons. The van der Waals surface area contributed by atoms with Crippen LogP contribution < -0.4 is 10.0 Å². The molecule has 1 aliphatic rings. The number of nitrogens with zero attached hydrogens (tertiary/aromatic N) is 1. The van der Waals surface area contributed by atoms with E-state index in [9.17, 15) is 8.42 Å². The first-order valence-electron chi connectivity index (χ1n) is 7.17. The highest BCUT2D eigenvalue weighted by Crippen LogP contribution is 2.48. The molecule has 6 heteroatoms. The van der Waals surface area contributed by atoms with Crippen LogP contribution in [0.4, 0.5) is 0 Å². The Balaban J connectivity index is 1.98. The summed E-state index contributed by atoms with van der Waals surface area (Å²) in [6.45, 7) is 6.23. The molecular formula is C14H23N3O2S. The maximum atomic E-state index is 12.2. The molecule has 1 aliphatic carbocycles. The summed E-state index contributed by atoms with van der Waals surface area (Å²) in [4.78, 5) is 4.06. The smallest absolute Gasteiger partial charge is 0.258 e. The highest BCUT2D eigenvalue weighted by atomic mass is 32.2. The van der Waals surface area contributed by atoms with Crippen LogP contribution in [-0.4, -0.2) is 26.5 Å². The van der Waals surface area contributed by atoms with Crippen molar-refractivity contribution in [2.24, 2.45) is 5.41 Å². The summed E-state index contributed by atoms with van der Waals surface area (Å²) in [7, 11) is -3.48. The Bertz CT molecular complexity index is 536. The molecule has 0 unspecified atom stereocenters. The molecule has 0 aromatic carbocycles. The van der Waals surface area contributed by atoms with Crippen molar-refractivity contribution >= 4 is 10.0 Å². The summed E-state index contributed by atoms with van der Waals surface area (Å²) in [5, 5.41) is 3.28. The van der Waals surface area contributed by atoms with Gasteiger partial charge in [0, 0.05) is 19.3 Å². The highest BCUT2D eigenvalue weighted by molar-refractivity contribution is 7.89. The standard InChI is InChI=1S/C14H23N3O2S/c1-3-14(7-8-14)11-17-20(18,19)13-6-5-12(10-16-13)9-15-4-2/h5-6,10,15,17H,3-4,7-9,11H2,1-2H3. The van der Waals surface area contributed by atoms with Crippen molar-refractivity contribution in [3.63, 3.8) is 0 Å². The van der Waals surface area contributed by atoms with E-state index in [1.54, 1.807) is 18.3 Å². The summed E-state index contributed by atoms with van der Waals surface area (Å²) in [5.74, 6) is 0. The Kier molecular flexibility index (Phi) is 4.78. The summed E-state index contributed by atoms with van der Waals surface area (Å²) >= 11 is 0. The van der Waals surface area contributed by atoms with Gasteiger partial charge in [0.25, 0.3) is 10.0 Å². The third-order valence-electron chi connectivity index (χ3n) is 4.00. The van der Waals surface area contributed by atoms with E-state index >= 15 is 0 Å². The fourth-order valence-electron chi connectivity index (χ4n) is 2.10. The maximum Gasteiger partial charge on any atom is 0.258 e. The molecule has 1 fully saturated rings. The molecule has 2 rings (SSSR count). The Hall–Kier alpha value is -0.980. The fourth-order valence-corrected chi connectivity index (χ4v) is 3.18. The van der Waals surface area contributed by atoms with Gasteiger partial charge >= 0.3 is 0 Å². The minimum absolute atomic E-state index is 0.102. The molecule has 1 aromatic rings. The van der Waals surface area contributed by atoms with Crippen molar-refractivity contribution < 1.29 is 8.42 Å². The fraction of sp³-hybridized carbons (Fsp3) is 0.643. The topological polar surface area (TPSA) is 71.1 Å². The number of pyridine rings is 1. The van der Waals surface area contributed by atoms with Gasteiger partial charge in [-0.1, -0.05) is 19.9 Å². The second-order valence-corrected chi connectivity index (χ2v) is 7.18. The maximum absolute atomic E-state index is 12.2. The van der Waals surface area contributed by atoms with Gasteiger partial charge in [-0.15, -0.1) is 0 Å². The van der Waals surface area contributed by atoms with E-state index in [1.165, 1.54) is 0 Å². The number of rotatable bonds is 8. The zero-order valence-corrected chi connectivity index (χ0v) is 13.0. The van der Waals surface area contributed by atoms with Crippen molar-refractivity contribution in [2.45, 2.75) is 44.7 Å². The Morgan fingerprint density at radius 2 is 2.05 bits per heavy atom. The number of hydrogen-bond donors (Lipinski definition) is 2. The van der Waals surface area contributed by atoms with Crippen molar-refractivity contribution in [3.05, 3.63) is 23.9 Å². The summed E-state index contributed by atoms with van der Waals surface area (Å²) < 4.78 is 27.0. The SMILES string of the molecule is CCNCc1ccc(S(=O)(=O)NCC2(CC)CC2)nc1. The monoisotopic (exact) mass is 297 g/mol.